The number of carbonyl (C=O) groups excluding carboxylic acids is 1. The smallest absolute Gasteiger partial charge is 0.305 e. The number of benzene rings is 1. The summed E-state index contributed by atoms with van der Waals surface area (Å²) in [5.74, 6) is -0.112. The fraction of sp³-hybridized carbons (Fsp3) is 0.533. The van der Waals surface area contributed by atoms with E-state index < -0.39 is 0 Å². The van der Waals surface area contributed by atoms with Crippen LogP contribution in [0.5, 0.6) is 0 Å². The van der Waals surface area contributed by atoms with Gasteiger partial charge >= 0.3 is 5.97 Å². The second-order valence-corrected chi connectivity index (χ2v) is 4.67. The van der Waals surface area contributed by atoms with Crippen molar-refractivity contribution in [1.82, 2.24) is 0 Å². The third kappa shape index (κ3) is 7.19. The lowest BCUT2D eigenvalue weighted by Gasteiger charge is -2.06. The summed E-state index contributed by atoms with van der Waals surface area (Å²) in [5.41, 5.74) is 1.01. The Labute approximate surface area is 119 Å². The summed E-state index contributed by atoms with van der Waals surface area (Å²) in [7, 11) is 0. The molecule has 0 heterocycles. The summed E-state index contributed by atoms with van der Waals surface area (Å²) in [5, 5.41) is 0.741. The fourth-order valence-electron chi connectivity index (χ4n) is 1.68. The van der Waals surface area contributed by atoms with Crippen LogP contribution in [0.15, 0.2) is 24.3 Å². The first-order valence-corrected chi connectivity index (χ1v) is 7.08. The molecule has 0 aliphatic heterocycles. The predicted molar refractivity (Wildman–Crippen MR) is 76.2 cm³/mol. The maximum atomic E-state index is 11.1. The van der Waals surface area contributed by atoms with Crippen LogP contribution in [-0.2, 0) is 20.9 Å². The van der Waals surface area contributed by atoms with Crippen LogP contribution in [0.2, 0.25) is 5.02 Å². The molecule has 1 rings (SSSR count). The molecule has 0 N–H and O–H groups in total. The molecule has 0 amide bonds. The first kappa shape index (κ1) is 16.0. The van der Waals surface area contributed by atoms with E-state index in [2.05, 4.69) is 0 Å². The van der Waals surface area contributed by atoms with E-state index in [1.54, 1.807) is 0 Å². The third-order valence-corrected chi connectivity index (χ3v) is 3.06. The highest BCUT2D eigenvalue weighted by atomic mass is 35.5. The molecule has 0 saturated carbocycles. The molecule has 0 aliphatic carbocycles. The molecule has 0 aromatic heterocycles. The number of esters is 1. The monoisotopic (exact) mass is 284 g/mol. The second kappa shape index (κ2) is 9.82. The SMILES string of the molecule is CCOC(=O)CCCCCOCc1ccccc1Cl. The maximum Gasteiger partial charge on any atom is 0.305 e. The summed E-state index contributed by atoms with van der Waals surface area (Å²) in [4.78, 5) is 11.1. The summed E-state index contributed by atoms with van der Waals surface area (Å²) in [6.07, 6.45) is 3.28. The van der Waals surface area contributed by atoms with E-state index in [9.17, 15) is 4.79 Å². The lowest BCUT2D eigenvalue weighted by Crippen LogP contribution is -2.03. The minimum absolute atomic E-state index is 0.112. The Morgan fingerprint density at radius 1 is 1.21 bits per heavy atom. The zero-order valence-electron chi connectivity index (χ0n) is 11.4. The van der Waals surface area contributed by atoms with Gasteiger partial charge in [0, 0.05) is 18.1 Å². The highest BCUT2D eigenvalue weighted by molar-refractivity contribution is 6.31. The molecule has 0 spiro atoms. The highest BCUT2D eigenvalue weighted by Crippen LogP contribution is 2.15. The number of rotatable bonds is 9. The predicted octanol–water partition coefficient (Wildman–Crippen LogP) is 3.98. The molecular weight excluding hydrogens is 264 g/mol. The van der Waals surface area contributed by atoms with Crippen LogP contribution < -0.4 is 0 Å². The van der Waals surface area contributed by atoms with Crippen LogP contribution in [0, 0.1) is 0 Å². The molecule has 19 heavy (non-hydrogen) atoms. The second-order valence-electron chi connectivity index (χ2n) is 4.26. The number of hydrogen-bond donors (Lipinski definition) is 0. The zero-order valence-corrected chi connectivity index (χ0v) is 12.1. The van der Waals surface area contributed by atoms with Gasteiger partial charge in [-0.3, -0.25) is 4.79 Å². The minimum Gasteiger partial charge on any atom is -0.466 e. The van der Waals surface area contributed by atoms with E-state index in [1.807, 2.05) is 31.2 Å². The van der Waals surface area contributed by atoms with Crippen molar-refractivity contribution in [2.24, 2.45) is 0 Å². The van der Waals surface area contributed by atoms with E-state index in [4.69, 9.17) is 21.1 Å². The van der Waals surface area contributed by atoms with Gasteiger partial charge in [-0.05, 0) is 31.4 Å². The van der Waals surface area contributed by atoms with Gasteiger partial charge < -0.3 is 9.47 Å². The van der Waals surface area contributed by atoms with Crippen molar-refractivity contribution in [3.05, 3.63) is 34.9 Å². The molecule has 3 nitrogen and oxygen atoms in total. The van der Waals surface area contributed by atoms with Crippen molar-refractivity contribution in [2.45, 2.75) is 39.2 Å². The van der Waals surface area contributed by atoms with Crippen molar-refractivity contribution in [3.63, 3.8) is 0 Å². The number of ether oxygens (including phenoxy) is 2. The number of halogens is 1. The number of hydrogen-bond acceptors (Lipinski definition) is 3. The molecule has 1 aromatic rings. The third-order valence-electron chi connectivity index (χ3n) is 2.69. The van der Waals surface area contributed by atoms with Crippen LogP contribution in [-0.4, -0.2) is 19.2 Å². The topological polar surface area (TPSA) is 35.5 Å². The molecular formula is C15H21ClO3. The summed E-state index contributed by atoms with van der Waals surface area (Å²) in [6, 6.07) is 7.67. The fourth-order valence-corrected chi connectivity index (χ4v) is 1.87. The normalized spacial score (nSPS) is 10.4. The lowest BCUT2D eigenvalue weighted by molar-refractivity contribution is -0.143. The molecule has 1 aromatic carbocycles. The van der Waals surface area contributed by atoms with Crippen molar-refractivity contribution in [3.8, 4) is 0 Å². The first-order chi connectivity index (χ1) is 9.24. The van der Waals surface area contributed by atoms with Crippen molar-refractivity contribution >= 4 is 17.6 Å². The molecule has 0 saturated heterocycles. The van der Waals surface area contributed by atoms with Crippen molar-refractivity contribution < 1.29 is 14.3 Å². The van der Waals surface area contributed by atoms with E-state index in [0.29, 0.717) is 26.2 Å². The molecule has 106 valence electrons. The van der Waals surface area contributed by atoms with E-state index in [0.717, 1.165) is 29.8 Å². The van der Waals surface area contributed by atoms with E-state index in [1.165, 1.54) is 0 Å². The first-order valence-electron chi connectivity index (χ1n) is 6.70. The quantitative estimate of drug-likeness (QED) is 0.508. The number of unbranched alkanes of at least 4 members (excludes halogenated alkanes) is 2. The Bertz CT molecular complexity index is 379. The Kier molecular flexibility index (Phi) is 8.26. The molecule has 0 aliphatic rings. The van der Waals surface area contributed by atoms with Crippen LogP contribution >= 0.6 is 11.6 Å². The van der Waals surface area contributed by atoms with Crippen LogP contribution in [0.25, 0.3) is 0 Å². The van der Waals surface area contributed by atoms with Gasteiger partial charge in [-0.2, -0.15) is 0 Å². The molecule has 0 radical (unpaired) electrons. The standard InChI is InChI=1S/C15H21ClO3/c1-2-19-15(17)10-4-3-7-11-18-12-13-8-5-6-9-14(13)16/h5-6,8-9H,2-4,7,10-12H2,1H3. The van der Waals surface area contributed by atoms with Gasteiger partial charge in [0.25, 0.3) is 0 Å². The molecule has 0 atom stereocenters. The Morgan fingerprint density at radius 2 is 2.00 bits per heavy atom. The average molecular weight is 285 g/mol. The van der Waals surface area contributed by atoms with Gasteiger partial charge in [0.15, 0.2) is 0 Å². The summed E-state index contributed by atoms with van der Waals surface area (Å²) < 4.78 is 10.4. The van der Waals surface area contributed by atoms with Crippen LogP contribution in [0.3, 0.4) is 0 Å². The van der Waals surface area contributed by atoms with E-state index in [-0.39, 0.29) is 5.97 Å². The van der Waals surface area contributed by atoms with Crippen molar-refractivity contribution in [2.75, 3.05) is 13.2 Å². The van der Waals surface area contributed by atoms with Gasteiger partial charge in [-0.1, -0.05) is 36.2 Å². The van der Waals surface area contributed by atoms with Gasteiger partial charge in [0.05, 0.1) is 13.2 Å². The Balaban J connectivity index is 2.00. The van der Waals surface area contributed by atoms with Crippen molar-refractivity contribution in [1.29, 1.82) is 0 Å². The Hall–Kier alpha value is -1.06. The Morgan fingerprint density at radius 3 is 2.74 bits per heavy atom. The van der Waals surface area contributed by atoms with Gasteiger partial charge in [0.2, 0.25) is 0 Å². The lowest BCUT2D eigenvalue weighted by atomic mass is 10.2. The number of carbonyl (C=O) groups is 1. The van der Waals surface area contributed by atoms with E-state index >= 15 is 0 Å². The van der Waals surface area contributed by atoms with Crippen LogP contribution in [0.4, 0.5) is 0 Å². The average Bonchev–Trinajstić information content (AvgIpc) is 2.40. The van der Waals surface area contributed by atoms with Gasteiger partial charge in [-0.25, -0.2) is 0 Å². The largest absolute Gasteiger partial charge is 0.466 e. The minimum atomic E-state index is -0.112. The summed E-state index contributed by atoms with van der Waals surface area (Å²) in [6.45, 7) is 3.51. The molecule has 0 fully saturated rings. The van der Waals surface area contributed by atoms with Crippen LogP contribution in [0.1, 0.15) is 38.2 Å². The molecule has 4 heteroatoms. The summed E-state index contributed by atoms with van der Waals surface area (Å²) >= 11 is 6.02. The van der Waals surface area contributed by atoms with Gasteiger partial charge in [0.1, 0.15) is 0 Å². The highest BCUT2D eigenvalue weighted by Gasteiger charge is 2.01. The molecule has 0 bridgehead atoms. The zero-order chi connectivity index (χ0) is 13.9. The maximum absolute atomic E-state index is 11.1. The van der Waals surface area contributed by atoms with Gasteiger partial charge in [-0.15, -0.1) is 0 Å². The molecule has 0 unspecified atom stereocenters.